The second-order valence-corrected chi connectivity index (χ2v) is 5.33. The van der Waals surface area contributed by atoms with E-state index >= 15 is 0 Å². The molecule has 6 nitrogen and oxygen atoms in total. The Morgan fingerprint density at radius 3 is 3.05 bits per heavy atom. The molecule has 22 heavy (non-hydrogen) atoms. The number of carbonyl (C=O) groups excluding carboxylic acids is 1. The van der Waals surface area contributed by atoms with Crippen LogP contribution in [0.2, 0.25) is 0 Å². The molecule has 6 heteroatoms. The lowest BCUT2D eigenvalue weighted by Gasteiger charge is -2.17. The molecule has 2 aromatic heterocycles. The van der Waals surface area contributed by atoms with E-state index in [1.807, 2.05) is 16.9 Å². The van der Waals surface area contributed by atoms with Crippen LogP contribution in [0.1, 0.15) is 19.3 Å². The van der Waals surface area contributed by atoms with Gasteiger partial charge in [0.2, 0.25) is 5.91 Å². The standard InChI is InChI=1S/C16H19N5O/c22-16(13-4-2-1-3-5-13)19-9-11-21-10-6-14(20-21)15-12-17-7-8-18-15/h1-2,6-8,10,12-13H,3-5,9,11H2,(H,19,22)/t13-/m1/s1. The number of carbonyl (C=O) groups is 1. The number of nitrogens with zero attached hydrogens (tertiary/aromatic N) is 4. The van der Waals surface area contributed by atoms with Gasteiger partial charge in [-0.2, -0.15) is 5.10 Å². The Hall–Kier alpha value is -2.50. The van der Waals surface area contributed by atoms with E-state index in [-0.39, 0.29) is 11.8 Å². The van der Waals surface area contributed by atoms with E-state index in [2.05, 4.69) is 32.5 Å². The maximum Gasteiger partial charge on any atom is 0.223 e. The average Bonchev–Trinajstić information content (AvgIpc) is 3.05. The predicted molar refractivity (Wildman–Crippen MR) is 82.7 cm³/mol. The lowest BCUT2D eigenvalue weighted by Crippen LogP contribution is -2.33. The number of hydrogen-bond donors (Lipinski definition) is 1. The summed E-state index contributed by atoms with van der Waals surface area (Å²) in [5.41, 5.74) is 1.54. The minimum atomic E-state index is 0.123. The van der Waals surface area contributed by atoms with Crippen molar-refractivity contribution in [2.45, 2.75) is 25.8 Å². The van der Waals surface area contributed by atoms with Crippen molar-refractivity contribution >= 4 is 5.91 Å². The van der Waals surface area contributed by atoms with Gasteiger partial charge in [-0.3, -0.25) is 19.4 Å². The van der Waals surface area contributed by atoms with E-state index in [0.717, 1.165) is 30.7 Å². The van der Waals surface area contributed by atoms with Crippen molar-refractivity contribution in [3.8, 4) is 11.4 Å². The Morgan fingerprint density at radius 2 is 2.27 bits per heavy atom. The zero-order valence-electron chi connectivity index (χ0n) is 12.4. The molecule has 0 fully saturated rings. The van der Waals surface area contributed by atoms with Crippen LogP contribution in [0.3, 0.4) is 0 Å². The summed E-state index contributed by atoms with van der Waals surface area (Å²) in [6, 6.07) is 1.90. The van der Waals surface area contributed by atoms with Crippen LogP contribution in [0.5, 0.6) is 0 Å². The highest BCUT2D eigenvalue weighted by atomic mass is 16.1. The first kappa shape index (κ1) is 14.4. The molecule has 1 aliphatic carbocycles. The van der Waals surface area contributed by atoms with E-state index < -0.39 is 0 Å². The average molecular weight is 297 g/mol. The molecule has 1 N–H and O–H groups in total. The third kappa shape index (κ3) is 3.58. The molecular formula is C16H19N5O. The number of amides is 1. The van der Waals surface area contributed by atoms with Gasteiger partial charge in [-0.15, -0.1) is 0 Å². The minimum absolute atomic E-state index is 0.123. The summed E-state index contributed by atoms with van der Waals surface area (Å²) >= 11 is 0. The first-order valence-corrected chi connectivity index (χ1v) is 7.55. The molecule has 1 aliphatic rings. The van der Waals surface area contributed by atoms with Gasteiger partial charge in [-0.1, -0.05) is 12.2 Å². The largest absolute Gasteiger partial charge is 0.354 e. The van der Waals surface area contributed by atoms with Crippen LogP contribution in [-0.4, -0.2) is 32.2 Å². The fraction of sp³-hybridized carbons (Fsp3) is 0.375. The van der Waals surface area contributed by atoms with Gasteiger partial charge in [0.05, 0.1) is 12.7 Å². The number of aromatic nitrogens is 4. The van der Waals surface area contributed by atoms with Gasteiger partial charge in [-0.25, -0.2) is 0 Å². The molecule has 2 aromatic rings. The fourth-order valence-corrected chi connectivity index (χ4v) is 2.52. The van der Waals surface area contributed by atoms with Crippen molar-refractivity contribution < 1.29 is 4.79 Å². The second-order valence-electron chi connectivity index (χ2n) is 5.33. The van der Waals surface area contributed by atoms with Crippen LogP contribution in [0.25, 0.3) is 11.4 Å². The summed E-state index contributed by atoms with van der Waals surface area (Å²) in [7, 11) is 0. The Bertz CT molecular complexity index is 650. The molecule has 0 saturated carbocycles. The van der Waals surface area contributed by atoms with Crippen LogP contribution in [0, 0.1) is 5.92 Å². The lowest BCUT2D eigenvalue weighted by atomic mass is 9.94. The van der Waals surface area contributed by atoms with Crippen molar-refractivity contribution in [3.63, 3.8) is 0 Å². The fourth-order valence-electron chi connectivity index (χ4n) is 2.52. The molecule has 0 radical (unpaired) electrons. The monoisotopic (exact) mass is 297 g/mol. The molecule has 0 aromatic carbocycles. The first-order chi connectivity index (χ1) is 10.8. The van der Waals surface area contributed by atoms with Gasteiger partial charge in [0.15, 0.2) is 0 Å². The van der Waals surface area contributed by atoms with Crippen molar-refractivity contribution in [2.24, 2.45) is 5.92 Å². The first-order valence-electron chi connectivity index (χ1n) is 7.55. The SMILES string of the molecule is O=C(NCCn1ccc(-c2cnccn2)n1)[C@@H]1CC=CCC1. The highest BCUT2D eigenvalue weighted by molar-refractivity contribution is 5.78. The van der Waals surface area contributed by atoms with Gasteiger partial charge >= 0.3 is 0 Å². The lowest BCUT2D eigenvalue weighted by molar-refractivity contribution is -0.125. The molecule has 0 aliphatic heterocycles. The van der Waals surface area contributed by atoms with E-state index in [1.54, 1.807) is 18.6 Å². The molecule has 3 rings (SSSR count). The van der Waals surface area contributed by atoms with Crippen molar-refractivity contribution in [1.82, 2.24) is 25.1 Å². The Morgan fingerprint density at radius 1 is 1.32 bits per heavy atom. The third-order valence-electron chi connectivity index (χ3n) is 3.75. The van der Waals surface area contributed by atoms with Crippen LogP contribution >= 0.6 is 0 Å². The smallest absolute Gasteiger partial charge is 0.223 e. The molecule has 1 atom stereocenters. The molecule has 2 heterocycles. The molecule has 114 valence electrons. The zero-order valence-corrected chi connectivity index (χ0v) is 12.4. The van der Waals surface area contributed by atoms with E-state index in [4.69, 9.17) is 0 Å². The van der Waals surface area contributed by atoms with Crippen molar-refractivity contribution in [1.29, 1.82) is 0 Å². The Balaban J connectivity index is 1.49. The van der Waals surface area contributed by atoms with Crippen LogP contribution in [0.4, 0.5) is 0 Å². The van der Waals surface area contributed by atoms with E-state index in [0.29, 0.717) is 13.1 Å². The highest BCUT2D eigenvalue weighted by Gasteiger charge is 2.17. The summed E-state index contributed by atoms with van der Waals surface area (Å²) in [6.07, 6.45) is 13.9. The number of hydrogen-bond acceptors (Lipinski definition) is 4. The summed E-state index contributed by atoms with van der Waals surface area (Å²) in [6.45, 7) is 1.23. The van der Waals surface area contributed by atoms with Gasteiger partial charge < -0.3 is 5.32 Å². The van der Waals surface area contributed by atoms with Gasteiger partial charge in [-0.05, 0) is 25.3 Å². The second kappa shape index (κ2) is 6.98. The third-order valence-corrected chi connectivity index (χ3v) is 3.75. The summed E-state index contributed by atoms with van der Waals surface area (Å²) < 4.78 is 1.81. The highest BCUT2D eigenvalue weighted by Crippen LogP contribution is 2.17. The van der Waals surface area contributed by atoms with Crippen molar-refractivity contribution in [2.75, 3.05) is 6.54 Å². The Labute approximate surface area is 129 Å². The summed E-state index contributed by atoms with van der Waals surface area (Å²) in [5.74, 6) is 0.267. The normalized spacial score (nSPS) is 17.4. The minimum Gasteiger partial charge on any atom is -0.354 e. The van der Waals surface area contributed by atoms with Gasteiger partial charge in [0.1, 0.15) is 11.4 Å². The van der Waals surface area contributed by atoms with E-state index in [9.17, 15) is 4.79 Å². The van der Waals surface area contributed by atoms with Gasteiger partial charge in [0.25, 0.3) is 0 Å². The summed E-state index contributed by atoms with van der Waals surface area (Å²) in [5, 5.41) is 7.43. The molecule has 0 spiro atoms. The van der Waals surface area contributed by atoms with Crippen LogP contribution in [-0.2, 0) is 11.3 Å². The van der Waals surface area contributed by atoms with Gasteiger partial charge in [0, 0.05) is 31.1 Å². The quantitative estimate of drug-likeness (QED) is 0.854. The molecule has 0 saturated heterocycles. The Kier molecular flexibility index (Phi) is 4.58. The van der Waals surface area contributed by atoms with Crippen molar-refractivity contribution in [3.05, 3.63) is 43.0 Å². The maximum absolute atomic E-state index is 12.0. The predicted octanol–water partition coefficient (Wildman–Crippen LogP) is 1.81. The maximum atomic E-state index is 12.0. The van der Waals surface area contributed by atoms with Crippen LogP contribution in [0.15, 0.2) is 43.0 Å². The topological polar surface area (TPSA) is 72.7 Å². The number of allylic oxidation sites excluding steroid dienone is 2. The van der Waals surface area contributed by atoms with Crippen LogP contribution < -0.4 is 5.32 Å². The number of rotatable bonds is 5. The molecule has 0 bridgehead atoms. The zero-order chi connectivity index (χ0) is 15.2. The molecule has 1 amide bonds. The van der Waals surface area contributed by atoms with E-state index in [1.165, 1.54) is 0 Å². The molecular weight excluding hydrogens is 278 g/mol. The number of nitrogens with one attached hydrogen (secondary N) is 1. The molecule has 0 unspecified atom stereocenters. The summed E-state index contributed by atoms with van der Waals surface area (Å²) in [4.78, 5) is 20.3.